The van der Waals surface area contributed by atoms with Crippen molar-refractivity contribution in [1.82, 2.24) is 25.1 Å². The van der Waals surface area contributed by atoms with E-state index in [0.29, 0.717) is 17.5 Å². The first-order chi connectivity index (χ1) is 8.72. The van der Waals surface area contributed by atoms with Crippen LogP contribution in [0.3, 0.4) is 0 Å². The minimum atomic E-state index is 0.497. The molecule has 0 atom stereocenters. The second-order valence-corrected chi connectivity index (χ2v) is 4.85. The standard InChI is InChI=1S/C11H16N6O/c1-8-3-5-17(6-4-8)11-12-10(14-18-11)9-7-16(2)15-13-9/h7-8H,3-6H2,1-2H3. The number of rotatable bonds is 2. The fourth-order valence-electron chi connectivity index (χ4n) is 2.10. The first-order valence-corrected chi connectivity index (χ1v) is 6.18. The maximum atomic E-state index is 5.29. The van der Waals surface area contributed by atoms with Crippen molar-refractivity contribution < 1.29 is 4.52 Å². The van der Waals surface area contributed by atoms with E-state index in [9.17, 15) is 0 Å². The van der Waals surface area contributed by atoms with Crippen LogP contribution in [0.2, 0.25) is 0 Å². The highest BCUT2D eigenvalue weighted by molar-refractivity contribution is 5.48. The van der Waals surface area contributed by atoms with Gasteiger partial charge in [-0.15, -0.1) is 5.10 Å². The van der Waals surface area contributed by atoms with Crippen LogP contribution in [0.25, 0.3) is 11.5 Å². The third-order valence-corrected chi connectivity index (χ3v) is 3.30. The van der Waals surface area contributed by atoms with Crippen molar-refractivity contribution in [1.29, 1.82) is 0 Å². The molecule has 7 heteroatoms. The maximum absolute atomic E-state index is 5.29. The number of piperidine rings is 1. The Kier molecular flexibility index (Phi) is 2.73. The molecule has 18 heavy (non-hydrogen) atoms. The van der Waals surface area contributed by atoms with Gasteiger partial charge < -0.3 is 9.42 Å². The summed E-state index contributed by atoms with van der Waals surface area (Å²) in [6, 6.07) is 0.586. The lowest BCUT2D eigenvalue weighted by Gasteiger charge is -2.28. The van der Waals surface area contributed by atoms with E-state index >= 15 is 0 Å². The molecule has 0 spiro atoms. The predicted molar refractivity (Wildman–Crippen MR) is 64.9 cm³/mol. The lowest BCUT2D eigenvalue weighted by molar-refractivity contribution is 0.377. The number of aryl methyl sites for hydroxylation is 1. The van der Waals surface area contributed by atoms with Gasteiger partial charge in [-0.2, -0.15) is 4.98 Å². The van der Waals surface area contributed by atoms with Gasteiger partial charge in [0.2, 0.25) is 5.82 Å². The molecule has 1 fully saturated rings. The SMILES string of the molecule is CC1CCN(c2nc(-c3cn(C)nn3)no2)CC1. The molecule has 1 aliphatic heterocycles. The lowest BCUT2D eigenvalue weighted by atomic mass is 10.00. The maximum Gasteiger partial charge on any atom is 0.324 e. The first kappa shape index (κ1) is 11.2. The summed E-state index contributed by atoms with van der Waals surface area (Å²) in [6.07, 6.45) is 4.11. The smallest absolute Gasteiger partial charge is 0.324 e. The topological polar surface area (TPSA) is 72.9 Å². The van der Waals surface area contributed by atoms with Crippen LogP contribution in [-0.2, 0) is 7.05 Å². The van der Waals surface area contributed by atoms with Gasteiger partial charge in [-0.25, -0.2) is 0 Å². The fraction of sp³-hybridized carbons (Fsp3) is 0.636. The Morgan fingerprint density at radius 2 is 2.11 bits per heavy atom. The highest BCUT2D eigenvalue weighted by Crippen LogP contribution is 2.23. The average molecular weight is 248 g/mol. The van der Waals surface area contributed by atoms with Crippen LogP contribution in [0, 0.1) is 5.92 Å². The molecule has 0 N–H and O–H groups in total. The molecule has 0 radical (unpaired) electrons. The van der Waals surface area contributed by atoms with E-state index in [4.69, 9.17) is 4.52 Å². The Morgan fingerprint density at radius 1 is 1.33 bits per heavy atom. The van der Waals surface area contributed by atoms with E-state index in [2.05, 4.69) is 32.3 Å². The van der Waals surface area contributed by atoms with E-state index in [1.807, 2.05) is 7.05 Å². The zero-order valence-corrected chi connectivity index (χ0v) is 10.6. The largest absolute Gasteiger partial charge is 0.324 e. The van der Waals surface area contributed by atoms with Crippen LogP contribution < -0.4 is 4.90 Å². The van der Waals surface area contributed by atoms with Gasteiger partial charge in [-0.05, 0) is 18.8 Å². The third-order valence-electron chi connectivity index (χ3n) is 3.30. The van der Waals surface area contributed by atoms with Crippen molar-refractivity contribution in [3.8, 4) is 11.5 Å². The van der Waals surface area contributed by atoms with E-state index in [1.54, 1.807) is 10.9 Å². The predicted octanol–water partition coefficient (Wildman–Crippen LogP) is 1.10. The molecule has 0 amide bonds. The number of hydrogen-bond donors (Lipinski definition) is 0. The van der Waals surface area contributed by atoms with Crippen molar-refractivity contribution in [3.63, 3.8) is 0 Å². The highest BCUT2D eigenvalue weighted by atomic mass is 16.5. The van der Waals surface area contributed by atoms with Crippen LogP contribution >= 0.6 is 0 Å². The molecule has 3 rings (SSSR count). The average Bonchev–Trinajstić information content (AvgIpc) is 2.98. The van der Waals surface area contributed by atoms with Gasteiger partial charge in [-0.1, -0.05) is 17.3 Å². The molecular formula is C11H16N6O. The summed E-state index contributed by atoms with van der Waals surface area (Å²) >= 11 is 0. The summed E-state index contributed by atoms with van der Waals surface area (Å²) in [5.41, 5.74) is 0.637. The molecule has 2 aromatic rings. The van der Waals surface area contributed by atoms with Gasteiger partial charge >= 0.3 is 6.01 Å². The molecular weight excluding hydrogens is 232 g/mol. The normalized spacial score (nSPS) is 17.3. The summed E-state index contributed by atoms with van der Waals surface area (Å²) in [6.45, 7) is 4.22. The first-order valence-electron chi connectivity index (χ1n) is 6.18. The van der Waals surface area contributed by atoms with E-state index < -0.39 is 0 Å². The van der Waals surface area contributed by atoms with Gasteiger partial charge in [0.15, 0.2) is 5.69 Å². The van der Waals surface area contributed by atoms with Crippen molar-refractivity contribution in [2.45, 2.75) is 19.8 Å². The van der Waals surface area contributed by atoms with Crippen molar-refractivity contribution in [2.24, 2.45) is 13.0 Å². The Labute approximate surface area is 105 Å². The summed E-state index contributed by atoms with van der Waals surface area (Å²) in [7, 11) is 1.81. The minimum Gasteiger partial charge on any atom is -0.324 e. The van der Waals surface area contributed by atoms with Crippen molar-refractivity contribution in [3.05, 3.63) is 6.20 Å². The second kappa shape index (κ2) is 4.40. The Morgan fingerprint density at radius 3 is 2.78 bits per heavy atom. The monoisotopic (exact) mass is 248 g/mol. The molecule has 0 bridgehead atoms. The van der Waals surface area contributed by atoms with E-state index in [1.165, 1.54) is 12.8 Å². The van der Waals surface area contributed by atoms with Crippen LogP contribution in [0.1, 0.15) is 19.8 Å². The van der Waals surface area contributed by atoms with Crippen molar-refractivity contribution >= 4 is 6.01 Å². The van der Waals surface area contributed by atoms with Gasteiger partial charge in [0.25, 0.3) is 0 Å². The molecule has 0 aromatic carbocycles. The molecule has 1 saturated heterocycles. The number of nitrogens with zero attached hydrogens (tertiary/aromatic N) is 6. The van der Waals surface area contributed by atoms with E-state index in [-0.39, 0.29) is 0 Å². The molecule has 2 aromatic heterocycles. The summed E-state index contributed by atoms with van der Waals surface area (Å²) in [5, 5.41) is 11.8. The molecule has 0 unspecified atom stereocenters. The fourth-order valence-corrected chi connectivity index (χ4v) is 2.10. The molecule has 0 aliphatic carbocycles. The van der Waals surface area contributed by atoms with Crippen molar-refractivity contribution in [2.75, 3.05) is 18.0 Å². The van der Waals surface area contributed by atoms with Gasteiger partial charge in [0.05, 0.1) is 6.20 Å². The number of anilines is 1. The van der Waals surface area contributed by atoms with Crippen LogP contribution in [-0.4, -0.2) is 38.2 Å². The zero-order chi connectivity index (χ0) is 12.5. The molecule has 7 nitrogen and oxygen atoms in total. The highest BCUT2D eigenvalue weighted by Gasteiger charge is 2.21. The van der Waals surface area contributed by atoms with Gasteiger partial charge in [0.1, 0.15) is 0 Å². The van der Waals surface area contributed by atoms with E-state index in [0.717, 1.165) is 19.0 Å². The lowest BCUT2D eigenvalue weighted by Crippen LogP contribution is -2.32. The number of aromatic nitrogens is 5. The Balaban J connectivity index is 1.77. The Hall–Kier alpha value is -1.92. The Bertz CT molecular complexity index is 525. The minimum absolute atomic E-state index is 0.497. The molecule has 1 aliphatic rings. The molecule has 0 saturated carbocycles. The summed E-state index contributed by atoms with van der Waals surface area (Å²) in [4.78, 5) is 6.51. The van der Waals surface area contributed by atoms with Crippen LogP contribution in [0.4, 0.5) is 6.01 Å². The molecule has 3 heterocycles. The quantitative estimate of drug-likeness (QED) is 0.792. The second-order valence-electron chi connectivity index (χ2n) is 4.85. The molecule has 96 valence electrons. The number of hydrogen-bond acceptors (Lipinski definition) is 6. The summed E-state index contributed by atoms with van der Waals surface area (Å²) < 4.78 is 6.91. The van der Waals surface area contributed by atoms with Crippen LogP contribution in [0.5, 0.6) is 0 Å². The summed E-state index contributed by atoms with van der Waals surface area (Å²) in [5.74, 6) is 1.28. The van der Waals surface area contributed by atoms with Crippen LogP contribution in [0.15, 0.2) is 10.7 Å². The third kappa shape index (κ3) is 2.07. The van der Waals surface area contributed by atoms with Gasteiger partial charge in [0, 0.05) is 20.1 Å². The zero-order valence-electron chi connectivity index (χ0n) is 10.6. The van der Waals surface area contributed by atoms with Gasteiger partial charge in [-0.3, -0.25) is 4.68 Å².